The molecule has 0 aliphatic carbocycles. The van der Waals surface area contributed by atoms with Crippen LogP contribution in [0.4, 0.5) is 10.6 Å². The Labute approximate surface area is 131 Å². The van der Waals surface area contributed by atoms with Crippen molar-refractivity contribution in [3.63, 3.8) is 0 Å². The van der Waals surface area contributed by atoms with Gasteiger partial charge in [0.15, 0.2) is 0 Å². The molecule has 0 bridgehead atoms. The van der Waals surface area contributed by atoms with Crippen LogP contribution in [0.3, 0.4) is 0 Å². The summed E-state index contributed by atoms with van der Waals surface area (Å²) in [4.78, 5) is 28.5. The number of carbonyl (C=O) groups is 2. The van der Waals surface area contributed by atoms with Crippen molar-refractivity contribution in [1.29, 1.82) is 0 Å². The normalized spacial score (nSPS) is 17.6. The third kappa shape index (κ3) is 3.23. The van der Waals surface area contributed by atoms with Gasteiger partial charge in [0, 0.05) is 32.7 Å². The number of aromatic nitrogens is 2. The van der Waals surface area contributed by atoms with E-state index >= 15 is 0 Å². The number of rotatable bonds is 4. The van der Waals surface area contributed by atoms with Crippen LogP contribution in [-0.2, 0) is 11.8 Å². The maximum absolute atomic E-state index is 12.5. The lowest BCUT2D eigenvalue weighted by molar-refractivity contribution is -0.134. The lowest BCUT2D eigenvalue weighted by atomic mass is 10.2. The molecule has 7 heteroatoms. The smallest absolute Gasteiger partial charge is 0.323 e. The molecule has 1 N–H and O–H groups in total. The average Bonchev–Trinajstić information content (AvgIpc) is 3.07. The highest BCUT2D eigenvalue weighted by molar-refractivity contribution is 5.93. The maximum Gasteiger partial charge on any atom is 0.323 e. The Kier molecular flexibility index (Phi) is 5.05. The van der Waals surface area contributed by atoms with Gasteiger partial charge in [-0.05, 0) is 33.6 Å². The van der Waals surface area contributed by atoms with E-state index in [1.54, 1.807) is 21.5 Å². The molecule has 0 saturated carbocycles. The standard InChI is InChI=1S/C15H25N5O2/c1-5-19(6-2)14(21)12-8-7-9-20(12)15(22)16-13-10-11(3)17-18(13)4/h10,12H,5-9H2,1-4H3,(H,16,22). The number of hydrogen-bond donors (Lipinski definition) is 1. The van der Waals surface area contributed by atoms with E-state index in [9.17, 15) is 9.59 Å². The van der Waals surface area contributed by atoms with E-state index in [2.05, 4.69) is 10.4 Å². The molecule has 0 aromatic carbocycles. The van der Waals surface area contributed by atoms with E-state index in [0.29, 0.717) is 25.5 Å². The molecule has 0 spiro atoms. The van der Waals surface area contributed by atoms with E-state index < -0.39 is 0 Å². The minimum Gasteiger partial charge on any atom is -0.341 e. The fourth-order valence-corrected chi connectivity index (χ4v) is 2.92. The van der Waals surface area contributed by atoms with Crippen molar-refractivity contribution >= 4 is 17.8 Å². The zero-order valence-corrected chi connectivity index (χ0v) is 13.8. The minimum atomic E-state index is -0.353. The predicted octanol–water partition coefficient (Wildman–Crippen LogP) is 1.59. The molecule has 0 radical (unpaired) electrons. The van der Waals surface area contributed by atoms with Crippen molar-refractivity contribution in [2.24, 2.45) is 7.05 Å². The van der Waals surface area contributed by atoms with E-state index in [1.807, 2.05) is 26.8 Å². The van der Waals surface area contributed by atoms with Gasteiger partial charge < -0.3 is 9.80 Å². The van der Waals surface area contributed by atoms with E-state index in [0.717, 1.165) is 18.5 Å². The molecule has 2 rings (SSSR count). The first kappa shape index (κ1) is 16.3. The third-order valence-electron chi connectivity index (χ3n) is 4.11. The van der Waals surface area contributed by atoms with Gasteiger partial charge in [0.05, 0.1) is 5.69 Å². The molecule has 1 fully saturated rings. The number of hydrogen-bond acceptors (Lipinski definition) is 3. The highest BCUT2D eigenvalue weighted by atomic mass is 16.2. The van der Waals surface area contributed by atoms with Gasteiger partial charge in [-0.1, -0.05) is 0 Å². The second-order valence-electron chi connectivity index (χ2n) is 5.59. The van der Waals surface area contributed by atoms with Crippen LogP contribution in [0.1, 0.15) is 32.4 Å². The molecular weight excluding hydrogens is 282 g/mol. The molecule has 1 unspecified atom stereocenters. The van der Waals surface area contributed by atoms with Gasteiger partial charge in [-0.2, -0.15) is 5.10 Å². The highest BCUT2D eigenvalue weighted by Crippen LogP contribution is 2.21. The molecule has 1 saturated heterocycles. The monoisotopic (exact) mass is 307 g/mol. The number of nitrogens with zero attached hydrogens (tertiary/aromatic N) is 4. The SMILES string of the molecule is CCN(CC)C(=O)C1CCCN1C(=O)Nc1cc(C)nn1C. The average molecular weight is 307 g/mol. The number of amides is 3. The number of carbonyl (C=O) groups excluding carboxylic acids is 2. The quantitative estimate of drug-likeness (QED) is 0.918. The van der Waals surface area contributed by atoms with Crippen LogP contribution < -0.4 is 5.32 Å². The Hall–Kier alpha value is -2.05. The van der Waals surface area contributed by atoms with Gasteiger partial charge in [0.25, 0.3) is 0 Å². The summed E-state index contributed by atoms with van der Waals surface area (Å²) in [5, 5.41) is 7.06. The zero-order valence-electron chi connectivity index (χ0n) is 13.8. The summed E-state index contributed by atoms with van der Waals surface area (Å²) in [6.45, 7) is 7.74. The van der Waals surface area contributed by atoms with E-state index in [1.165, 1.54) is 0 Å². The Morgan fingerprint density at radius 2 is 2.09 bits per heavy atom. The van der Waals surface area contributed by atoms with Crippen LogP contribution in [-0.4, -0.2) is 57.2 Å². The van der Waals surface area contributed by atoms with Crippen molar-refractivity contribution < 1.29 is 9.59 Å². The van der Waals surface area contributed by atoms with E-state index in [4.69, 9.17) is 0 Å². The van der Waals surface area contributed by atoms with Crippen LogP contribution in [0.15, 0.2) is 6.07 Å². The van der Waals surface area contributed by atoms with Crippen LogP contribution in [0.2, 0.25) is 0 Å². The molecule has 2 heterocycles. The van der Waals surface area contributed by atoms with Crippen LogP contribution in [0.5, 0.6) is 0 Å². The summed E-state index contributed by atoms with van der Waals surface area (Å²) in [6.07, 6.45) is 1.59. The molecular formula is C15H25N5O2. The van der Waals surface area contributed by atoms with E-state index in [-0.39, 0.29) is 18.0 Å². The second-order valence-corrected chi connectivity index (χ2v) is 5.59. The first-order valence-corrected chi connectivity index (χ1v) is 7.85. The Bertz CT molecular complexity index is 550. The van der Waals surface area contributed by atoms with Crippen molar-refractivity contribution in [2.75, 3.05) is 25.0 Å². The lowest BCUT2D eigenvalue weighted by Crippen LogP contribution is -2.49. The Balaban J connectivity index is 2.08. The van der Waals surface area contributed by atoms with Crippen molar-refractivity contribution in [3.8, 4) is 0 Å². The van der Waals surface area contributed by atoms with Crippen LogP contribution in [0.25, 0.3) is 0 Å². The van der Waals surface area contributed by atoms with Gasteiger partial charge in [-0.25, -0.2) is 4.79 Å². The predicted molar refractivity (Wildman–Crippen MR) is 84.6 cm³/mol. The molecule has 1 aromatic heterocycles. The second kappa shape index (κ2) is 6.81. The highest BCUT2D eigenvalue weighted by Gasteiger charge is 2.36. The van der Waals surface area contributed by atoms with Crippen molar-refractivity contribution in [2.45, 2.75) is 39.7 Å². The van der Waals surface area contributed by atoms with Gasteiger partial charge in [-0.15, -0.1) is 0 Å². The third-order valence-corrected chi connectivity index (χ3v) is 4.11. The summed E-state index contributed by atoms with van der Waals surface area (Å²) in [5.41, 5.74) is 0.843. The number of anilines is 1. The minimum absolute atomic E-state index is 0.0406. The molecule has 1 atom stereocenters. The lowest BCUT2D eigenvalue weighted by Gasteiger charge is -2.29. The summed E-state index contributed by atoms with van der Waals surface area (Å²) >= 11 is 0. The van der Waals surface area contributed by atoms with Crippen molar-refractivity contribution in [1.82, 2.24) is 19.6 Å². The zero-order chi connectivity index (χ0) is 16.3. The number of nitrogens with one attached hydrogen (secondary N) is 1. The first-order valence-electron chi connectivity index (χ1n) is 7.85. The number of aryl methyl sites for hydroxylation is 2. The number of likely N-dealkylation sites (N-methyl/N-ethyl adjacent to an activating group) is 1. The van der Waals surface area contributed by atoms with Crippen LogP contribution >= 0.6 is 0 Å². The molecule has 1 aliphatic rings. The molecule has 3 amide bonds. The first-order chi connectivity index (χ1) is 10.5. The Morgan fingerprint density at radius 1 is 1.41 bits per heavy atom. The van der Waals surface area contributed by atoms with Gasteiger partial charge >= 0.3 is 6.03 Å². The molecule has 1 aromatic rings. The fourth-order valence-electron chi connectivity index (χ4n) is 2.92. The van der Waals surface area contributed by atoms with Gasteiger partial charge in [0.2, 0.25) is 5.91 Å². The molecule has 1 aliphatic heterocycles. The molecule has 22 heavy (non-hydrogen) atoms. The summed E-state index contributed by atoms with van der Waals surface area (Å²) < 4.78 is 1.63. The van der Waals surface area contributed by atoms with Gasteiger partial charge in [0.1, 0.15) is 11.9 Å². The molecule has 7 nitrogen and oxygen atoms in total. The summed E-state index contributed by atoms with van der Waals surface area (Å²) in [5.74, 6) is 0.683. The topological polar surface area (TPSA) is 70.5 Å². The fraction of sp³-hybridized carbons (Fsp3) is 0.667. The summed E-state index contributed by atoms with van der Waals surface area (Å²) in [6, 6.07) is 1.23. The number of likely N-dealkylation sites (tertiary alicyclic amines) is 1. The largest absolute Gasteiger partial charge is 0.341 e. The van der Waals surface area contributed by atoms with Gasteiger partial charge in [-0.3, -0.25) is 14.8 Å². The molecule has 122 valence electrons. The van der Waals surface area contributed by atoms with Crippen molar-refractivity contribution in [3.05, 3.63) is 11.8 Å². The number of urea groups is 1. The summed E-state index contributed by atoms with van der Waals surface area (Å²) in [7, 11) is 1.78. The maximum atomic E-state index is 12.5. The van der Waals surface area contributed by atoms with Crippen LogP contribution in [0, 0.1) is 6.92 Å². The Morgan fingerprint density at radius 3 is 2.64 bits per heavy atom.